The number of esters is 1. The van der Waals surface area contributed by atoms with Gasteiger partial charge < -0.3 is 30.7 Å². The van der Waals surface area contributed by atoms with Gasteiger partial charge in [-0.2, -0.15) is 41.3 Å². The first-order chi connectivity index (χ1) is 26.4. The van der Waals surface area contributed by atoms with Crippen LogP contribution >= 0.6 is 11.6 Å². The number of amides is 3. The van der Waals surface area contributed by atoms with E-state index >= 15 is 0 Å². The number of nitrogens with zero attached hydrogens (tertiary/aromatic N) is 5. The van der Waals surface area contributed by atoms with E-state index in [1.807, 2.05) is 0 Å². The number of halogens is 7. The highest BCUT2D eigenvalue weighted by atomic mass is 35.5. The summed E-state index contributed by atoms with van der Waals surface area (Å²) in [6.07, 6.45) is -7.67. The molecule has 0 radical (unpaired) electrons. The summed E-state index contributed by atoms with van der Waals surface area (Å²) in [6.45, 7) is -2.03. The zero-order valence-electron chi connectivity index (χ0n) is 28.7. The molecule has 0 spiro atoms. The van der Waals surface area contributed by atoms with Gasteiger partial charge >= 0.3 is 36.1 Å². The summed E-state index contributed by atoms with van der Waals surface area (Å²) in [5.41, 5.74) is -1.28. The molecule has 294 valence electrons. The molecule has 3 amide bonds. The lowest BCUT2D eigenvalue weighted by atomic mass is 10.1. The molecule has 1 fully saturated rings. The summed E-state index contributed by atoms with van der Waals surface area (Å²) in [5.74, 6) is -4.63. The Bertz CT molecular complexity index is 2110. The molecule has 0 saturated heterocycles. The number of benzene rings is 2. The van der Waals surface area contributed by atoms with Gasteiger partial charge in [0.2, 0.25) is 11.9 Å². The van der Waals surface area contributed by atoms with Crippen molar-refractivity contribution >= 4 is 64.3 Å². The van der Waals surface area contributed by atoms with E-state index in [4.69, 9.17) is 16.3 Å². The average molecular weight is 808 g/mol. The van der Waals surface area contributed by atoms with Crippen LogP contribution in [0, 0.1) is 0 Å². The molecule has 4 aromatic rings. The third-order valence-electron chi connectivity index (χ3n) is 7.69. The molecule has 0 atom stereocenters. The number of aromatic nitrogens is 4. The van der Waals surface area contributed by atoms with Crippen LogP contribution in [0.5, 0.6) is 6.01 Å². The van der Waals surface area contributed by atoms with E-state index in [1.165, 1.54) is 24.3 Å². The topological polar surface area (TPSA) is 199 Å². The standard InChI is InChI=1S/C34H28ClF6N9O6/c1-55-28(54)23(12-15-42-26(52)27(53)44-22-10-11-24(43-16-22)34(39,40)41)46-25(51)18-2-8-21(9-3-18)45-29-47-30(49-31(48-29)56-17-33(36,37)38)50-32(13-14-32)19-4-6-20(35)7-5-19/h2-11,16H,12-15,17H2,1H3,(H,42,52)(H,44,53)(H2,45,47,48,49,50). The number of aliphatic imine (C=N–C) groups is 1. The van der Waals surface area contributed by atoms with Crippen molar-refractivity contribution in [3.05, 3.63) is 88.7 Å². The first-order valence-corrected chi connectivity index (χ1v) is 16.5. The minimum Gasteiger partial charge on any atom is -0.465 e. The van der Waals surface area contributed by atoms with Crippen molar-refractivity contribution in [1.29, 1.82) is 0 Å². The summed E-state index contributed by atoms with van der Waals surface area (Å²) in [4.78, 5) is 68.8. The van der Waals surface area contributed by atoms with Gasteiger partial charge in [0.15, 0.2) is 6.61 Å². The number of carbonyl (C=O) groups excluding carboxylic acids is 4. The Balaban J connectivity index is 1.22. The van der Waals surface area contributed by atoms with E-state index in [0.717, 1.165) is 18.7 Å². The normalized spacial score (nSPS) is 13.6. The van der Waals surface area contributed by atoms with Gasteiger partial charge in [0, 0.05) is 29.2 Å². The smallest absolute Gasteiger partial charge is 0.433 e. The summed E-state index contributed by atoms with van der Waals surface area (Å²) in [6, 6.07) is 13.3. The molecule has 2 aromatic carbocycles. The largest absolute Gasteiger partial charge is 0.465 e. The Morgan fingerprint density at radius 3 is 2.11 bits per heavy atom. The highest BCUT2D eigenvalue weighted by molar-refractivity contribution is 6.40. The predicted octanol–water partition coefficient (Wildman–Crippen LogP) is 5.62. The second-order valence-corrected chi connectivity index (χ2v) is 12.3. The summed E-state index contributed by atoms with van der Waals surface area (Å²) in [5, 5.41) is 10.8. The van der Waals surface area contributed by atoms with Crippen LogP contribution in [-0.2, 0) is 30.8 Å². The Labute approximate surface area is 317 Å². The molecule has 1 aliphatic rings. The third kappa shape index (κ3) is 11.3. The van der Waals surface area contributed by atoms with E-state index < -0.39 is 65.6 Å². The Morgan fingerprint density at radius 1 is 0.857 bits per heavy atom. The zero-order valence-corrected chi connectivity index (χ0v) is 29.5. The van der Waals surface area contributed by atoms with Gasteiger partial charge in [-0.05, 0) is 66.9 Å². The number of pyridine rings is 1. The van der Waals surface area contributed by atoms with Gasteiger partial charge in [-0.1, -0.05) is 23.7 Å². The van der Waals surface area contributed by atoms with Crippen LogP contribution in [0.2, 0.25) is 5.02 Å². The first kappa shape index (κ1) is 40.8. The van der Waals surface area contributed by atoms with Crippen molar-refractivity contribution in [3.63, 3.8) is 0 Å². The molecule has 1 aliphatic carbocycles. The SMILES string of the molecule is COC(=O)C(CCNC(=O)C(=O)Nc1ccc(C(F)(F)F)nc1)=NC(=O)c1ccc(Nc2nc(NC3(c4ccc(Cl)cc4)CC3)nc(OCC(F)(F)F)n2)cc1. The highest BCUT2D eigenvalue weighted by Gasteiger charge is 2.45. The Morgan fingerprint density at radius 2 is 1.52 bits per heavy atom. The number of hydrogen-bond acceptors (Lipinski definition) is 12. The fourth-order valence-corrected chi connectivity index (χ4v) is 4.93. The van der Waals surface area contributed by atoms with Crippen LogP contribution in [0.4, 0.5) is 49.6 Å². The maximum atomic E-state index is 13.0. The minimum atomic E-state index is -4.70. The monoisotopic (exact) mass is 807 g/mol. The lowest BCUT2D eigenvalue weighted by Gasteiger charge is -2.19. The lowest BCUT2D eigenvalue weighted by Crippen LogP contribution is -2.37. The molecule has 22 heteroatoms. The molecule has 0 aliphatic heterocycles. The molecule has 1 saturated carbocycles. The maximum absolute atomic E-state index is 13.0. The number of alkyl halides is 6. The Hall–Kier alpha value is -6.38. The molecule has 5 rings (SSSR count). The van der Waals surface area contributed by atoms with Gasteiger partial charge in [-0.3, -0.25) is 14.4 Å². The van der Waals surface area contributed by atoms with Crippen molar-refractivity contribution in [2.24, 2.45) is 4.99 Å². The van der Waals surface area contributed by atoms with Gasteiger partial charge in [-0.15, -0.1) is 0 Å². The van der Waals surface area contributed by atoms with Gasteiger partial charge in [0.05, 0.1) is 24.5 Å². The van der Waals surface area contributed by atoms with Crippen LogP contribution in [-0.4, -0.2) is 75.8 Å². The summed E-state index contributed by atoms with van der Waals surface area (Å²) < 4.78 is 86.4. The first-order valence-electron chi connectivity index (χ1n) is 16.1. The second-order valence-electron chi connectivity index (χ2n) is 11.8. The molecular weight excluding hydrogens is 780 g/mol. The van der Waals surface area contributed by atoms with Crippen molar-refractivity contribution < 1.29 is 55.0 Å². The van der Waals surface area contributed by atoms with E-state index in [-0.39, 0.29) is 41.8 Å². The molecule has 2 aromatic heterocycles. The van der Waals surface area contributed by atoms with Crippen molar-refractivity contribution in [2.45, 2.75) is 37.2 Å². The summed E-state index contributed by atoms with van der Waals surface area (Å²) >= 11 is 6.01. The average Bonchev–Trinajstić information content (AvgIpc) is 3.93. The molecule has 4 N–H and O–H groups in total. The molecule has 0 bridgehead atoms. The van der Waals surface area contributed by atoms with E-state index in [1.54, 1.807) is 24.3 Å². The number of carbonyl (C=O) groups is 4. The van der Waals surface area contributed by atoms with Crippen LogP contribution in [0.1, 0.15) is 40.9 Å². The van der Waals surface area contributed by atoms with Crippen LogP contribution in [0.25, 0.3) is 0 Å². The maximum Gasteiger partial charge on any atom is 0.433 e. The van der Waals surface area contributed by atoms with E-state index in [9.17, 15) is 45.5 Å². The van der Waals surface area contributed by atoms with Crippen molar-refractivity contribution in [1.82, 2.24) is 25.3 Å². The van der Waals surface area contributed by atoms with E-state index in [2.05, 4.69) is 50.9 Å². The lowest BCUT2D eigenvalue weighted by molar-refractivity contribution is -0.154. The van der Waals surface area contributed by atoms with Crippen LogP contribution in [0.15, 0.2) is 71.9 Å². The zero-order chi connectivity index (χ0) is 40.7. The van der Waals surface area contributed by atoms with E-state index in [0.29, 0.717) is 30.1 Å². The quantitative estimate of drug-likeness (QED) is 0.0564. The molecule has 56 heavy (non-hydrogen) atoms. The number of hydrogen-bond donors (Lipinski definition) is 4. The van der Waals surface area contributed by atoms with Crippen LogP contribution < -0.4 is 26.0 Å². The molecule has 2 heterocycles. The highest BCUT2D eigenvalue weighted by Crippen LogP contribution is 2.48. The third-order valence-corrected chi connectivity index (χ3v) is 7.94. The van der Waals surface area contributed by atoms with Crippen molar-refractivity contribution in [3.8, 4) is 6.01 Å². The fraction of sp³-hybridized carbons (Fsp3) is 0.265. The molecule has 15 nitrogen and oxygen atoms in total. The number of anilines is 4. The number of methoxy groups -OCH3 is 1. The van der Waals surface area contributed by atoms with Gasteiger partial charge in [-0.25, -0.2) is 14.8 Å². The number of ether oxygens (including phenoxy) is 2. The number of rotatable bonds is 13. The van der Waals surface area contributed by atoms with Crippen molar-refractivity contribution in [2.75, 3.05) is 36.2 Å². The van der Waals surface area contributed by atoms with Gasteiger partial charge in [0.1, 0.15) is 11.4 Å². The van der Waals surface area contributed by atoms with Crippen LogP contribution in [0.3, 0.4) is 0 Å². The Kier molecular flexibility index (Phi) is 12.4. The fourth-order valence-electron chi connectivity index (χ4n) is 4.80. The number of nitrogens with one attached hydrogen (secondary N) is 4. The van der Waals surface area contributed by atoms with Gasteiger partial charge in [0.25, 0.3) is 5.91 Å². The second kappa shape index (κ2) is 17.0. The minimum absolute atomic E-state index is 0.0173. The predicted molar refractivity (Wildman–Crippen MR) is 186 cm³/mol. The molecule has 0 unspecified atom stereocenters. The summed E-state index contributed by atoms with van der Waals surface area (Å²) in [7, 11) is 1.02. The molecular formula is C34H28ClF6N9O6.